The van der Waals surface area contributed by atoms with Crippen molar-refractivity contribution in [3.05, 3.63) is 34.6 Å². The Bertz CT molecular complexity index is 370. The largest absolute Gasteiger partial charge is 0.329 e. The maximum absolute atomic E-state index is 13.1. The molecule has 1 saturated heterocycles. The van der Waals surface area contributed by atoms with Gasteiger partial charge >= 0.3 is 0 Å². The summed E-state index contributed by atoms with van der Waals surface area (Å²) < 4.78 is 13.1. The number of hydrogen-bond acceptors (Lipinski definition) is 2. The van der Waals surface area contributed by atoms with Crippen molar-refractivity contribution in [1.82, 2.24) is 4.90 Å². The van der Waals surface area contributed by atoms with Crippen molar-refractivity contribution >= 4 is 11.6 Å². The first-order valence-corrected chi connectivity index (χ1v) is 5.96. The van der Waals surface area contributed by atoms with Crippen LogP contribution in [0.3, 0.4) is 0 Å². The van der Waals surface area contributed by atoms with Crippen LogP contribution in [0.4, 0.5) is 4.39 Å². The van der Waals surface area contributed by atoms with Crippen LogP contribution in [0.15, 0.2) is 18.2 Å². The Hall–Kier alpha value is -0.640. The summed E-state index contributed by atoms with van der Waals surface area (Å²) in [6.07, 6.45) is 2.29. The van der Waals surface area contributed by atoms with Gasteiger partial charge in [-0.3, -0.25) is 4.90 Å². The van der Waals surface area contributed by atoms with E-state index in [-0.39, 0.29) is 5.82 Å². The van der Waals surface area contributed by atoms with E-state index in [4.69, 9.17) is 17.3 Å². The third-order valence-electron chi connectivity index (χ3n) is 3.15. The van der Waals surface area contributed by atoms with Gasteiger partial charge in [-0.1, -0.05) is 11.6 Å². The minimum absolute atomic E-state index is 0.233. The van der Waals surface area contributed by atoms with Gasteiger partial charge in [-0.25, -0.2) is 4.39 Å². The smallest absolute Gasteiger partial charge is 0.123 e. The molecule has 1 aliphatic heterocycles. The molecular weight excluding hydrogens is 227 g/mol. The van der Waals surface area contributed by atoms with Crippen LogP contribution < -0.4 is 5.73 Å². The molecular formula is C12H16ClFN2. The molecule has 4 heteroatoms. The van der Waals surface area contributed by atoms with Crippen molar-refractivity contribution in [3.8, 4) is 0 Å². The minimum Gasteiger partial charge on any atom is -0.329 e. The van der Waals surface area contributed by atoms with E-state index < -0.39 is 0 Å². The molecule has 0 amide bonds. The SMILES string of the molecule is NCC1CCCN1Cc1cc(F)ccc1Cl. The number of benzene rings is 1. The van der Waals surface area contributed by atoms with Gasteiger partial charge in [-0.15, -0.1) is 0 Å². The lowest BCUT2D eigenvalue weighted by atomic mass is 10.2. The average Bonchev–Trinajstić information content (AvgIpc) is 2.71. The van der Waals surface area contributed by atoms with Crippen molar-refractivity contribution in [1.29, 1.82) is 0 Å². The fourth-order valence-corrected chi connectivity index (χ4v) is 2.43. The number of hydrogen-bond donors (Lipinski definition) is 1. The summed E-state index contributed by atoms with van der Waals surface area (Å²) >= 11 is 6.04. The molecule has 1 unspecified atom stereocenters. The standard InChI is InChI=1S/C12H16ClFN2/c13-12-4-3-10(14)6-9(12)8-16-5-1-2-11(16)7-15/h3-4,6,11H,1-2,5,7-8,15H2. The van der Waals surface area contributed by atoms with E-state index in [1.807, 2.05) is 0 Å². The van der Waals surface area contributed by atoms with Crippen LogP contribution in [0.1, 0.15) is 18.4 Å². The molecule has 0 bridgehead atoms. The molecule has 1 heterocycles. The summed E-state index contributed by atoms with van der Waals surface area (Å²) in [6.45, 7) is 2.38. The summed E-state index contributed by atoms with van der Waals surface area (Å²) in [5.41, 5.74) is 6.55. The predicted molar refractivity (Wildman–Crippen MR) is 63.9 cm³/mol. The van der Waals surface area contributed by atoms with Crippen LogP contribution in [0.25, 0.3) is 0 Å². The van der Waals surface area contributed by atoms with Gasteiger partial charge in [0, 0.05) is 24.2 Å². The zero-order valence-corrected chi connectivity index (χ0v) is 9.88. The molecule has 1 aliphatic rings. The Morgan fingerprint density at radius 2 is 2.31 bits per heavy atom. The molecule has 88 valence electrons. The lowest BCUT2D eigenvalue weighted by Gasteiger charge is -2.23. The topological polar surface area (TPSA) is 29.3 Å². The second-order valence-electron chi connectivity index (χ2n) is 4.24. The Kier molecular flexibility index (Phi) is 3.79. The fourth-order valence-electron chi connectivity index (χ4n) is 2.25. The number of nitrogens with zero attached hydrogens (tertiary/aromatic N) is 1. The number of nitrogens with two attached hydrogens (primary N) is 1. The highest BCUT2D eigenvalue weighted by atomic mass is 35.5. The van der Waals surface area contributed by atoms with Crippen LogP contribution >= 0.6 is 11.6 Å². The van der Waals surface area contributed by atoms with Crippen LogP contribution in [0, 0.1) is 5.82 Å². The molecule has 1 aromatic rings. The van der Waals surface area contributed by atoms with Gasteiger partial charge in [-0.05, 0) is 43.1 Å². The quantitative estimate of drug-likeness (QED) is 0.882. The summed E-state index contributed by atoms with van der Waals surface area (Å²) in [4.78, 5) is 2.28. The van der Waals surface area contributed by atoms with Crippen molar-refractivity contribution < 1.29 is 4.39 Å². The monoisotopic (exact) mass is 242 g/mol. The number of likely N-dealkylation sites (tertiary alicyclic amines) is 1. The molecule has 0 spiro atoms. The molecule has 16 heavy (non-hydrogen) atoms. The van der Waals surface area contributed by atoms with Gasteiger partial charge in [-0.2, -0.15) is 0 Å². The zero-order valence-electron chi connectivity index (χ0n) is 9.13. The molecule has 1 aromatic carbocycles. The van der Waals surface area contributed by atoms with Crippen molar-refractivity contribution in [2.75, 3.05) is 13.1 Å². The Morgan fingerprint density at radius 1 is 1.50 bits per heavy atom. The molecule has 0 radical (unpaired) electrons. The first-order chi connectivity index (χ1) is 7.70. The summed E-state index contributed by atoms with van der Waals surface area (Å²) in [5, 5.41) is 0.629. The lowest BCUT2D eigenvalue weighted by Crippen LogP contribution is -2.34. The summed E-state index contributed by atoms with van der Waals surface area (Å²) in [6, 6.07) is 4.92. The highest BCUT2D eigenvalue weighted by Crippen LogP contribution is 2.23. The molecule has 1 fully saturated rings. The first kappa shape index (κ1) is 11.8. The Balaban J connectivity index is 2.11. The number of rotatable bonds is 3. The molecule has 0 aromatic heterocycles. The Morgan fingerprint density at radius 3 is 3.06 bits per heavy atom. The van der Waals surface area contributed by atoms with Crippen LogP contribution in [-0.4, -0.2) is 24.0 Å². The van der Waals surface area contributed by atoms with Gasteiger partial charge < -0.3 is 5.73 Å². The fraction of sp³-hybridized carbons (Fsp3) is 0.500. The summed E-state index contributed by atoms with van der Waals surface area (Å²) in [5.74, 6) is -0.233. The van der Waals surface area contributed by atoms with Crippen LogP contribution in [-0.2, 0) is 6.54 Å². The molecule has 0 aliphatic carbocycles. The van der Waals surface area contributed by atoms with Gasteiger partial charge in [0.2, 0.25) is 0 Å². The second-order valence-corrected chi connectivity index (χ2v) is 4.65. The van der Waals surface area contributed by atoms with Crippen molar-refractivity contribution in [2.45, 2.75) is 25.4 Å². The molecule has 2 nitrogen and oxygen atoms in total. The molecule has 1 atom stereocenters. The van der Waals surface area contributed by atoms with Gasteiger partial charge in [0.15, 0.2) is 0 Å². The van der Waals surface area contributed by atoms with E-state index in [1.165, 1.54) is 12.1 Å². The van der Waals surface area contributed by atoms with Crippen LogP contribution in [0.2, 0.25) is 5.02 Å². The molecule has 2 rings (SSSR count). The van der Waals surface area contributed by atoms with Gasteiger partial charge in [0.1, 0.15) is 5.82 Å². The van der Waals surface area contributed by atoms with E-state index in [2.05, 4.69) is 4.90 Å². The average molecular weight is 243 g/mol. The van der Waals surface area contributed by atoms with Gasteiger partial charge in [0.05, 0.1) is 0 Å². The highest BCUT2D eigenvalue weighted by molar-refractivity contribution is 6.31. The highest BCUT2D eigenvalue weighted by Gasteiger charge is 2.23. The van der Waals surface area contributed by atoms with Crippen molar-refractivity contribution in [3.63, 3.8) is 0 Å². The number of halogens is 2. The predicted octanol–water partition coefficient (Wildman–Crippen LogP) is 2.40. The minimum atomic E-state index is -0.233. The van der Waals surface area contributed by atoms with E-state index in [1.54, 1.807) is 6.07 Å². The Labute approximate surface area is 100 Å². The van der Waals surface area contributed by atoms with Gasteiger partial charge in [0.25, 0.3) is 0 Å². The normalized spacial score (nSPS) is 21.6. The first-order valence-electron chi connectivity index (χ1n) is 5.58. The van der Waals surface area contributed by atoms with E-state index in [9.17, 15) is 4.39 Å². The third kappa shape index (κ3) is 2.54. The second kappa shape index (κ2) is 5.13. The van der Waals surface area contributed by atoms with Crippen LogP contribution in [0.5, 0.6) is 0 Å². The van der Waals surface area contributed by atoms with E-state index in [0.717, 1.165) is 24.9 Å². The summed E-state index contributed by atoms with van der Waals surface area (Å²) in [7, 11) is 0. The third-order valence-corrected chi connectivity index (χ3v) is 3.52. The maximum Gasteiger partial charge on any atom is 0.123 e. The lowest BCUT2D eigenvalue weighted by molar-refractivity contribution is 0.250. The van der Waals surface area contributed by atoms with E-state index >= 15 is 0 Å². The van der Waals surface area contributed by atoms with E-state index in [0.29, 0.717) is 24.2 Å². The van der Waals surface area contributed by atoms with Crippen molar-refractivity contribution in [2.24, 2.45) is 5.73 Å². The molecule has 0 saturated carbocycles. The molecule has 2 N–H and O–H groups in total. The zero-order chi connectivity index (χ0) is 11.5. The maximum atomic E-state index is 13.1.